The minimum atomic E-state index is -0.872. The summed E-state index contributed by atoms with van der Waals surface area (Å²) in [5, 5.41) is 9.16. The van der Waals surface area contributed by atoms with E-state index in [2.05, 4.69) is 0 Å². The lowest BCUT2D eigenvalue weighted by atomic mass is 9.95. The molecule has 0 saturated carbocycles. The minimum absolute atomic E-state index is 0.0304. The molecule has 4 nitrogen and oxygen atoms in total. The van der Waals surface area contributed by atoms with Gasteiger partial charge in [-0.25, -0.2) is 0 Å². The van der Waals surface area contributed by atoms with Gasteiger partial charge in [-0.05, 0) is 48.4 Å². The van der Waals surface area contributed by atoms with Gasteiger partial charge < -0.3 is 9.84 Å². The Labute approximate surface area is 138 Å². The Kier molecular flexibility index (Phi) is 4.13. The number of carboxylic acid groups (broad SMARTS) is 1. The Hall–Kier alpha value is -2.27. The van der Waals surface area contributed by atoms with Crippen LogP contribution >= 0.6 is 11.8 Å². The Balaban J connectivity index is 2.04. The van der Waals surface area contributed by atoms with Crippen LogP contribution in [-0.2, 0) is 10.5 Å². The van der Waals surface area contributed by atoms with Gasteiger partial charge in [0.15, 0.2) is 5.78 Å². The van der Waals surface area contributed by atoms with Gasteiger partial charge in [-0.2, -0.15) is 0 Å². The number of benzene rings is 2. The van der Waals surface area contributed by atoms with Crippen molar-refractivity contribution in [1.29, 1.82) is 0 Å². The molecule has 0 aromatic heterocycles. The maximum absolute atomic E-state index is 12.8. The third kappa shape index (κ3) is 2.84. The summed E-state index contributed by atoms with van der Waals surface area (Å²) >= 11 is 1.55. The summed E-state index contributed by atoms with van der Waals surface area (Å²) < 4.78 is 5.22. The normalized spacial score (nSPS) is 14.4. The zero-order valence-corrected chi connectivity index (χ0v) is 13.6. The summed E-state index contributed by atoms with van der Waals surface area (Å²) in [5.74, 6) is -0.124. The second-order valence-electron chi connectivity index (χ2n) is 5.46. The first-order valence-electron chi connectivity index (χ1n) is 7.22. The Morgan fingerprint density at radius 1 is 1.22 bits per heavy atom. The van der Waals surface area contributed by atoms with E-state index in [0.29, 0.717) is 22.4 Å². The van der Waals surface area contributed by atoms with Crippen molar-refractivity contribution in [3.05, 3.63) is 58.7 Å². The molecule has 1 atom stereocenters. The van der Waals surface area contributed by atoms with E-state index in [1.54, 1.807) is 50.1 Å². The number of ether oxygens (including phenoxy) is 1. The van der Waals surface area contributed by atoms with Crippen LogP contribution in [0.2, 0.25) is 0 Å². The zero-order chi connectivity index (χ0) is 16.6. The summed E-state index contributed by atoms with van der Waals surface area (Å²) in [6.07, 6.45) is 0. The van der Waals surface area contributed by atoms with E-state index in [-0.39, 0.29) is 5.78 Å². The summed E-state index contributed by atoms with van der Waals surface area (Å²) in [6, 6.07) is 10.7. The molecular formula is C18H16O4S. The van der Waals surface area contributed by atoms with Crippen molar-refractivity contribution in [2.24, 2.45) is 0 Å². The topological polar surface area (TPSA) is 63.6 Å². The summed E-state index contributed by atoms with van der Waals surface area (Å²) in [6.45, 7) is 1.65. The number of aliphatic carboxylic acids is 1. The van der Waals surface area contributed by atoms with Crippen LogP contribution in [0.15, 0.2) is 41.3 Å². The second kappa shape index (κ2) is 6.08. The van der Waals surface area contributed by atoms with E-state index in [1.807, 2.05) is 12.1 Å². The number of rotatable bonds is 3. The van der Waals surface area contributed by atoms with Gasteiger partial charge in [-0.1, -0.05) is 6.07 Å². The number of fused-ring (bicyclic) bond motifs is 2. The molecular weight excluding hydrogens is 312 g/mol. The van der Waals surface area contributed by atoms with Crippen LogP contribution in [0, 0.1) is 0 Å². The van der Waals surface area contributed by atoms with E-state index >= 15 is 0 Å². The maximum atomic E-state index is 12.8. The van der Waals surface area contributed by atoms with E-state index in [4.69, 9.17) is 9.84 Å². The van der Waals surface area contributed by atoms with Gasteiger partial charge in [0.2, 0.25) is 0 Å². The standard InChI is InChI=1S/C18H16O4S/c1-10(18(20)21)11-3-5-15-16(8-11)23-9-12-7-13(22-2)4-6-14(12)17(15)19/h3-8,10H,9H2,1-2H3,(H,20,21). The van der Waals surface area contributed by atoms with Gasteiger partial charge in [0, 0.05) is 21.8 Å². The number of carbonyl (C=O) groups excluding carboxylic acids is 1. The van der Waals surface area contributed by atoms with Crippen molar-refractivity contribution in [2.75, 3.05) is 7.11 Å². The van der Waals surface area contributed by atoms with Gasteiger partial charge in [0.05, 0.1) is 13.0 Å². The van der Waals surface area contributed by atoms with Crippen molar-refractivity contribution in [3.8, 4) is 5.75 Å². The van der Waals surface area contributed by atoms with Crippen LogP contribution in [0.25, 0.3) is 0 Å². The molecule has 1 heterocycles. The molecule has 0 bridgehead atoms. The average Bonchev–Trinajstić information content (AvgIpc) is 2.70. The van der Waals surface area contributed by atoms with E-state index in [9.17, 15) is 9.59 Å². The number of ketones is 1. The summed E-state index contributed by atoms with van der Waals surface area (Å²) in [7, 11) is 1.60. The largest absolute Gasteiger partial charge is 0.497 e. The van der Waals surface area contributed by atoms with E-state index in [1.165, 1.54) is 0 Å². The molecule has 23 heavy (non-hydrogen) atoms. The van der Waals surface area contributed by atoms with Crippen LogP contribution in [0.1, 0.15) is 39.9 Å². The lowest BCUT2D eigenvalue weighted by molar-refractivity contribution is -0.138. The van der Waals surface area contributed by atoms with Gasteiger partial charge in [-0.15, -0.1) is 11.8 Å². The van der Waals surface area contributed by atoms with Gasteiger partial charge >= 0.3 is 5.97 Å². The predicted octanol–water partition coefficient (Wildman–Crippen LogP) is 3.72. The molecule has 0 saturated heterocycles. The van der Waals surface area contributed by atoms with Crippen molar-refractivity contribution in [1.82, 2.24) is 0 Å². The highest BCUT2D eigenvalue weighted by Crippen LogP contribution is 2.36. The molecule has 0 radical (unpaired) electrons. The second-order valence-corrected chi connectivity index (χ2v) is 6.47. The predicted molar refractivity (Wildman–Crippen MR) is 88.5 cm³/mol. The first-order valence-corrected chi connectivity index (χ1v) is 8.21. The number of methoxy groups -OCH3 is 1. The fourth-order valence-corrected chi connectivity index (χ4v) is 3.68. The Morgan fingerprint density at radius 3 is 2.65 bits per heavy atom. The van der Waals surface area contributed by atoms with Crippen LogP contribution in [0.3, 0.4) is 0 Å². The first kappa shape index (κ1) is 15.6. The van der Waals surface area contributed by atoms with Gasteiger partial charge in [0.1, 0.15) is 5.75 Å². The molecule has 0 spiro atoms. The minimum Gasteiger partial charge on any atom is -0.497 e. The molecule has 2 aromatic rings. The fourth-order valence-electron chi connectivity index (χ4n) is 2.60. The molecule has 0 fully saturated rings. The molecule has 1 aliphatic rings. The van der Waals surface area contributed by atoms with Crippen molar-refractivity contribution in [2.45, 2.75) is 23.5 Å². The maximum Gasteiger partial charge on any atom is 0.310 e. The average molecular weight is 328 g/mol. The van der Waals surface area contributed by atoms with Crippen LogP contribution < -0.4 is 4.74 Å². The van der Waals surface area contributed by atoms with Crippen molar-refractivity contribution < 1.29 is 19.4 Å². The molecule has 0 aliphatic carbocycles. The summed E-state index contributed by atoms with van der Waals surface area (Å²) in [4.78, 5) is 24.8. The quantitative estimate of drug-likeness (QED) is 0.930. The molecule has 2 aromatic carbocycles. The molecule has 3 rings (SSSR count). The van der Waals surface area contributed by atoms with Crippen molar-refractivity contribution in [3.63, 3.8) is 0 Å². The van der Waals surface area contributed by atoms with Crippen LogP contribution in [0.4, 0.5) is 0 Å². The van der Waals surface area contributed by atoms with Gasteiger partial charge in [0.25, 0.3) is 0 Å². The molecule has 118 valence electrons. The highest BCUT2D eigenvalue weighted by molar-refractivity contribution is 7.98. The molecule has 1 N–H and O–H groups in total. The monoisotopic (exact) mass is 328 g/mol. The highest BCUT2D eigenvalue weighted by Gasteiger charge is 2.24. The SMILES string of the molecule is COc1ccc2c(c1)CSc1cc(C(C)C(=O)O)ccc1C2=O. The Morgan fingerprint density at radius 2 is 1.96 bits per heavy atom. The van der Waals surface area contributed by atoms with E-state index < -0.39 is 11.9 Å². The third-order valence-electron chi connectivity index (χ3n) is 4.06. The smallest absolute Gasteiger partial charge is 0.310 e. The van der Waals surface area contributed by atoms with Crippen LogP contribution in [-0.4, -0.2) is 24.0 Å². The van der Waals surface area contributed by atoms with Crippen molar-refractivity contribution >= 4 is 23.5 Å². The molecule has 5 heteroatoms. The summed E-state index contributed by atoms with van der Waals surface area (Å²) in [5.41, 5.74) is 2.94. The lowest BCUT2D eigenvalue weighted by Crippen LogP contribution is -2.09. The highest BCUT2D eigenvalue weighted by atomic mass is 32.2. The zero-order valence-electron chi connectivity index (χ0n) is 12.8. The first-order chi connectivity index (χ1) is 11.0. The van der Waals surface area contributed by atoms with Gasteiger partial charge in [-0.3, -0.25) is 9.59 Å². The third-order valence-corrected chi connectivity index (χ3v) is 5.17. The number of carbonyl (C=O) groups is 2. The van der Waals surface area contributed by atoms with E-state index in [0.717, 1.165) is 16.2 Å². The number of carboxylic acids is 1. The number of hydrogen-bond donors (Lipinski definition) is 1. The molecule has 0 amide bonds. The Bertz CT molecular complexity index is 798. The molecule has 1 unspecified atom stereocenters. The lowest BCUT2D eigenvalue weighted by Gasteiger charge is -2.10. The van der Waals surface area contributed by atoms with Crippen LogP contribution in [0.5, 0.6) is 5.75 Å². The fraction of sp³-hybridized carbons (Fsp3) is 0.222. The number of thioether (sulfide) groups is 1. The molecule has 1 aliphatic heterocycles. The number of hydrogen-bond acceptors (Lipinski definition) is 4.